The van der Waals surface area contributed by atoms with Crippen molar-refractivity contribution in [3.63, 3.8) is 0 Å². The molecular formula is C13H19N3O2S. The fourth-order valence-electron chi connectivity index (χ4n) is 1.34. The third-order valence-corrected chi connectivity index (χ3v) is 2.85. The van der Waals surface area contributed by atoms with E-state index in [0.717, 1.165) is 6.42 Å². The van der Waals surface area contributed by atoms with Crippen molar-refractivity contribution in [2.45, 2.75) is 26.4 Å². The average molecular weight is 281 g/mol. The summed E-state index contributed by atoms with van der Waals surface area (Å²) in [6.45, 7) is 3.76. The maximum absolute atomic E-state index is 11.7. The monoisotopic (exact) mass is 281 g/mol. The van der Waals surface area contributed by atoms with E-state index in [1.807, 2.05) is 24.3 Å². The van der Waals surface area contributed by atoms with Crippen LogP contribution >= 0.6 is 12.2 Å². The number of nitrogens with one attached hydrogen (secondary N) is 3. The first kappa shape index (κ1) is 15.2. The number of hydrazine groups is 1. The summed E-state index contributed by atoms with van der Waals surface area (Å²) in [5.41, 5.74) is 6.24. The lowest BCUT2D eigenvalue weighted by molar-refractivity contribution is -0.127. The lowest BCUT2D eigenvalue weighted by Crippen LogP contribution is -2.49. The minimum atomic E-state index is -0.611. The molecule has 1 amide bonds. The van der Waals surface area contributed by atoms with Crippen molar-refractivity contribution in [1.82, 2.24) is 16.2 Å². The van der Waals surface area contributed by atoms with Crippen LogP contribution in [-0.2, 0) is 11.2 Å². The molecule has 104 valence electrons. The number of rotatable bonds is 4. The number of thiocarbonyl (C=S) groups is 1. The first-order valence-electron chi connectivity index (χ1n) is 6.10. The van der Waals surface area contributed by atoms with Gasteiger partial charge < -0.3 is 10.1 Å². The van der Waals surface area contributed by atoms with Gasteiger partial charge in [0.15, 0.2) is 11.2 Å². The fourth-order valence-corrected chi connectivity index (χ4v) is 1.39. The first-order chi connectivity index (χ1) is 9.06. The second-order valence-electron chi connectivity index (χ2n) is 3.95. The van der Waals surface area contributed by atoms with E-state index in [9.17, 15) is 4.79 Å². The van der Waals surface area contributed by atoms with Crippen molar-refractivity contribution >= 4 is 23.2 Å². The lowest BCUT2D eigenvalue weighted by Gasteiger charge is -2.16. The predicted octanol–water partition coefficient (Wildman–Crippen LogP) is 1.14. The SMILES string of the molecule is CCc1ccc(O[C@@H](C)C(=O)NNC(=S)NC)cc1. The molecule has 3 N–H and O–H groups in total. The highest BCUT2D eigenvalue weighted by Crippen LogP contribution is 2.14. The van der Waals surface area contributed by atoms with Crippen LogP contribution in [0.2, 0.25) is 0 Å². The topological polar surface area (TPSA) is 62.4 Å². The van der Waals surface area contributed by atoms with Crippen molar-refractivity contribution in [1.29, 1.82) is 0 Å². The molecule has 1 aromatic carbocycles. The van der Waals surface area contributed by atoms with E-state index in [-0.39, 0.29) is 5.91 Å². The summed E-state index contributed by atoms with van der Waals surface area (Å²) in [6, 6.07) is 7.67. The van der Waals surface area contributed by atoms with E-state index in [1.165, 1.54) is 5.56 Å². The minimum Gasteiger partial charge on any atom is -0.481 e. The van der Waals surface area contributed by atoms with Gasteiger partial charge in [-0.25, -0.2) is 0 Å². The van der Waals surface area contributed by atoms with Crippen molar-refractivity contribution in [3.05, 3.63) is 29.8 Å². The van der Waals surface area contributed by atoms with Crippen LogP contribution in [0.15, 0.2) is 24.3 Å². The zero-order chi connectivity index (χ0) is 14.3. The second kappa shape index (κ2) is 7.58. The van der Waals surface area contributed by atoms with Crippen LogP contribution in [0.4, 0.5) is 0 Å². The molecule has 0 bridgehead atoms. The van der Waals surface area contributed by atoms with Gasteiger partial charge in [-0.2, -0.15) is 0 Å². The molecule has 1 atom stereocenters. The molecular weight excluding hydrogens is 262 g/mol. The molecule has 19 heavy (non-hydrogen) atoms. The summed E-state index contributed by atoms with van der Waals surface area (Å²) < 4.78 is 5.53. The Kier molecular flexibility index (Phi) is 6.08. The molecule has 0 aromatic heterocycles. The highest BCUT2D eigenvalue weighted by molar-refractivity contribution is 7.80. The minimum absolute atomic E-state index is 0.294. The zero-order valence-electron chi connectivity index (χ0n) is 11.3. The van der Waals surface area contributed by atoms with Gasteiger partial charge in [0.2, 0.25) is 0 Å². The summed E-state index contributed by atoms with van der Waals surface area (Å²) in [5.74, 6) is 0.369. The maximum Gasteiger partial charge on any atom is 0.279 e. The van der Waals surface area contributed by atoms with Gasteiger partial charge in [-0.1, -0.05) is 19.1 Å². The van der Waals surface area contributed by atoms with Gasteiger partial charge in [-0.05, 0) is 43.3 Å². The van der Waals surface area contributed by atoms with Crippen LogP contribution in [0.3, 0.4) is 0 Å². The Bertz CT molecular complexity index is 434. The summed E-state index contributed by atoms with van der Waals surface area (Å²) in [7, 11) is 1.66. The summed E-state index contributed by atoms with van der Waals surface area (Å²) in [5, 5.41) is 3.03. The molecule has 0 aliphatic rings. The molecule has 0 radical (unpaired) electrons. The smallest absolute Gasteiger partial charge is 0.279 e. The molecule has 0 spiro atoms. The highest BCUT2D eigenvalue weighted by atomic mass is 32.1. The zero-order valence-corrected chi connectivity index (χ0v) is 12.1. The number of ether oxygens (including phenoxy) is 1. The van der Waals surface area contributed by atoms with E-state index in [2.05, 4.69) is 23.1 Å². The van der Waals surface area contributed by atoms with Crippen molar-refractivity contribution in [3.8, 4) is 5.75 Å². The molecule has 0 fully saturated rings. The van der Waals surface area contributed by atoms with Crippen LogP contribution in [0.1, 0.15) is 19.4 Å². The molecule has 0 heterocycles. The lowest BCUT2D eigenvalue weighted by atomic mass is 10.2. The summed E-state index contributed by atoms with van der Waals surface area (Å²) in [4.78, 5) is 11.7. The number of benzene rings is 1. The Morgan fingerprint density at radius 3 is 2.47 bits per heavy atom. The van der Waals surface area contributed by atoms with Crippen LogP contribution in [-0.4, -0.2) is 24.2 Å². The number of carbonyl (C=O) groups is 1. The number of hydrogen-bond acceptors (Lipinski definition) is 3. The molecule has 6 heteroatoms. The second-order valence-corrected chi connectivity index (χ2v) is 4.36. The Morgan fingerprint density at radius 1 is 1.32 bits per heavy atom. The Morgan fingerprint density at radius 2 is 1.95 bits per heavy atom. The van der Waals surface area contributed by atoms with E-state index < -0.39 is 6.10 Å². The molecule has 1 rings (SSSR count). The van der Waals surface area contributed by atoms with E-state index in [1.54, 1.807) is 14.0 Å². The number of carbonyl (C=O) groups excluding carboxylic acids is 1. The molecule has 5 nitrogen and oxygen atoms in total. The maximum atomic E-state index is 11.7. The summed E-state index contributed by atoms with van der Waals surface area (Å²) >= 11 is 4.84. The normalized spacial score (nSPS) is 11.3. The molecule has 0 saturated heterocycles. The van der Waals surface area contributed by atoms with Gasteiger partial charge in [-0.15, -0.1) is 0 Å². The Hall–Kier alpha value is -1.82. The average Bonchev–Trinajstić information content (AvgIpc) is 2.44. The van der Waals surface area contributed by atoms with Gasteiger partial charge in [0, 0.05) is 7.05 Å². The number of hydrogen-bond donors (Lipinski definition) is 3. The summed E-state index contributed by atoms with van der Waals surface area (Å²) in [6.07, 6.45) is 0.362. The van der Waals surface area contributed by atoms with E-state index >= 15 is 0 Å². The van der Waals surface area contributed by atoms with Gasteiger partial charge in [0.1, 0.15) is 5.75 Å². The number of aryl methyl sites for hydroxylation is 1. The third-order valence-electron chi connectivity index (χ3n) is 2.54. The van der Waals surface area contributed by atoms with Crippen molar-refractivity contribution < 1.29 is 9.53 Å². The Balaban J connectivity index is 2.46. The predicted molar refractivity (Wildman–Crippen MR) is 78.8 cm³/mol. The largest absolute Gasteiger partial charge is 0.481 e. The number of amides is 1. The highest BCUT2D eigenvalue weighted by Gasteiger charge is 2.14. The van der Waals surface area contributed by atoms with Crippen molar-refractivity contribution in [2.75, 3.05) is 7.05 Å². The molecule has 0 aliphatic carbocycles. The van der Waals surface area contributed by atoms with Crippen molar-refractivity contribution in [2.24, 2.45) is 0 Å². The van der Waals surface area contributed by atoms with Crippen LogP contribution in [0.5, 0.6) is 5.75 Å². The van der Waals surface area contributed by atoms with E-state index in [0.29, 0.717) is 10.9 Å². The van der Waals surface area contributed by atoms with Crippen LogP contribution < -0.4 is 20.9 Å². The molecule has 0 unspecified atom stereocenters. The molecule has 1 aromatic rings. The van der Waals surface area contributed by atoms with Gasteiger partial charge in [-0.3, -0.25) is 15.6 Å². The Labute approximate surface area is 118 Å². The van der Waals surface area contributed by atoms with Crippen LogP contribution in [0.25, 0.3) is 0 Å². The van der Waals surface area contributed by atoms with Gasteiger partial charge in [0.25, 0.3) is 5.91 Å². The molecule has 0 aliphatic heterocycles. The first-order valence-corrected chi connectivity index (χ1v) is 6.50. The third kappa shape index (κ3) is 5.13. The molecule has 0 saturated carbocycles. The van der Waals surface area contributed by atoms with Gasteiger partial charge >= 0.3 is 0 Å². The fraction of sp³-hybridized carbons (Fsp3) is 0.385. The standard InChI is InChI=1S/C13H19N3O2S/c1-4-10-5-7-11(8-6-10)18-9(2)12(17)15-16-13(19)14-3/h5-9H,4H2,1-3H3,(H,15,17)(H2,14,16,19)/t9-/m0/s1. The van der Waals surface area contributed by atoms with Gasteiger partial charge in [0.05, 0.1) is 0 Å². The quantitative estimate of drug-likeness (QED) is 0.571. The van der Waals surface area contributed by atoms with E-state index in [4.69, 9.17) is 17.0 Å². The van der Waals surface area contributed by atoms with Crippen LogP contribution in [0, 0.1) is 0 Å².